The molecule has 12 nitrogen and oxygen atoms in total. The van der Waals surface area contributed by atoms with Crippen LogP contribution in [0.2, 0.25) is 5.02 Å². The lowest BCUT2D eigenvalue weighted by Crippen LogP contribution is -2.63. The van der Waals surface area contributed by atoms with Crippen LogP contribution in [0.3, 0.4) is 0 Å². The summed E-state index contributed by atoms with van der Waals surface area (Å²) in [5, 5.41) is 47.1. The van der Waals surface area contributed by atoms with E-state index >= 15 is 0 Å². The second-order valence-electron chi connectivity index (χ2n) is 10.4. The first-order chi connectivity index (χ1) is 17.6. The van der Waals surface area contributed by atoms with Gasteiger partial charge in [0.05, 0.1) is 23.2 Å². The van der Waals surface area contributed by atoms with Crippen LogP contribution in [0.15, 0.2) is 28.7 Å². The molecule has 4 rings (SSSR count). The molecule has 0 fully saturated rings. The van der Waals surface area contributed by atoms with E-state index in [0.717, 1.165) is 0 Å². The smallest absolute Gasteiger partial charge is 0.255 e. The minimum absolute atomic E-state index is 0.00388. The Labute approximate surface area is 223 Å². The Bertz CT molecular complexity index is 1350. The summed E-state index contributed by atoms with van der Waals surface area (Å²) in [4.78, 5) is 54.4. The third kappa shape index (κ3) is 3.95. The highest BCUT2D eigenvalue weighted by molar-refractivity contribution is 6.35. The number of ketones is 2. The van der Waals surface area contributed by atoms with E-state index in [1.165, 1.54) is 11.0 Å². The van der Waals surface area contributed by atoms with Crippen molar-refractivity contribution in [3.05, 3.63) is 44.9 Å². The highest BCUT2D eigenvalue weighted by Crippen LogP contribution is 2.53. The van der Waals surface area contributed by atoms with Gasteiger partial charge >= 0.3 is 0 Å². The van der Waals surface area contributed by atoms with E-state index in [1.54, 1.807) is 33.1 Å². The van der Waals surface area contributed by atoms with E-state index in [-0.39, 0.29) is 41.2 Å². The number of Topliss-reactive ketones (excluding diaryl/α,β-unsaturated/α-hetero) is 2. The van der Waals surface area contributed by atoms with E-state index in [1.807, 2.05) is 0 Å². The van der Waals surface area contributed by atoms with Gasteiger partial charge in [-0.1, -0.05) is 11.6 Å². The summed E-state index contributed by atoms with van der Waals surface area (Å²) in [5.74, 6) is -8.04. The molecule has 0 spiro atoms. The number of allylic oxidation sites excluding steroid dienone is 1. The number of fused-ring (bicyclic) bond motifs is 3. The minimum Gasteiger partial charge on any atom is -0.510 e. The van der Waals surface area contributed by atoms with Gasteiger partial charge in [0.15, 0.2) is 17.1 Å². The van der Waals surface area contributed by atoms with E-state index in [2.05, 4.69) is 5.32 Å². The molecule has 4 atom stereocenters. The van der Waals surface area contributed by atoms with Crippen molar-refractivity contribution < 1.29 is 39.6 Å². The number of benzene rings is 1. The second kappa shape index (κ2) is 9.38. The standard InChI is InChI=1S/C25H29ClN4O8/c1-29(2)8-13(31)28-17-12(26)7-10-5-9-6-11-18(30(3)4)21(34)16(24(27)37)23(36)25(11,38)22(35)15(9)19(32)14(10)20(17)33/h7,9,11,18,33-35,38H,5-6,8H2,1-4H3,(H2,27,37)(H,28,31)/t9?,11?,18-,25-/m0/s1. The molecule has 0 saturated heterocycles. The molecular weight excluding hydrogens is 520 g/mol. The number of halogens is 1. The van der Waals surface area contributed by atoms with Crippen LogP contribution < -0.4 is 11.1 Å². The second-order valence-corrected chi connectivity index (χ2v) is 10.8. The Kier molecular flexibility index (Phi) is 6.81. The van der Waals surface area contributed by atoms with Gasteiger partial charge in [0.1, 0.15) is 22.8 Å². The summed E-state index contributed by atoms with van der Waals surface area (Å²) in [7, 11) is 6.44. The Morgan fingerprint density at radius 2 is 1.82 bits per heavy atom. The number of aliphatic hydroxyl groups is 3. The van der Waals surface area contributed by atoms with Gasteiger partial charge in [-0.15, -0.1) is 0 Å². The highest BCUT2D eigenvalue weighted by atomic mass is 35.5. The molecule has 0 bridgehead atoms. The first kappa shape index (κ1) is 27.6. The number of hydrogen-bond donors (Lipinski definition) is 6. The summed E-state index contributed by atoms with van der Waals surface area (Å²) in [6, 6.07) is 0.360. The molecule has 0 radical (unpaired) electrons. The molecule has 0 saturated carbocycles. The normalized spacial score (nSPS) is 26.9. The third-order valence-corrected chi connectivity index (χ3v) is 7.69. The van der Waals surface area contributed by atoms with Crippen LogP contribution in [0.1, 0.15) is 22.3 Å². The quantitative estimate of drug-likeness (QED) is 0.220. The van der Waals surface area contributed by atoms with Crippen molar-refractivity contribution in [2.75, 3.05) is 40.1 Å². The number of nitrogens with two attached hydrogens (primary N) is 1. The zero-order valence-electron chi connectivity index (χ0n) is 21.2. The number of amides is 2. The number of aliphatic hydroxyl groups excluding tert-OH is 2. The Hall–Kier alpha value is -3.45. The number of primary amides is 1. The molecule has 2 unspecified atom stereocenters. The van der Waals surface area contributed by atoms with Gasteiger partial charge in [0, 0.05) is 11.5 Å². The van der Waals surface area contributed by atoms with Crippen LogP contribution in [0.5, 0.6) is 5.75 Å². The minimum atomic E-state index is -2.73. The molecule has 1 aromatic carbocycles. The van der Waals surface area contributed by atoms with Gasteiger partial charge in [-0.05, 0) is 58.6 Å². The predicted molar refractivity (Wildman–Crippen MR) is 136 cm³/mol. The molecule has 0 heterocycles. The van der Waals surface area contributed by atoms with Crippen LogP contribution in [-0.2, 0) is 20.8 Å². The van der Waals surface area contributed by atoms with Gasteiger partial charge < -0.3 is 36.4 Å². The summed E-state index contributed by atoms with van der Waals surface area (Å²) in [5.41, 5.74) is 1.33. The maximum absolute atomic E-state index is 13.7. The number of aromatic hydroxyl groups is 1. The van der Waals surface area contributed by atoms with E-state index < -0.39 is 69.7 Å². The summed E-state index contributed by atoms with van der Waals surface area (Å²) < 4.78 is 0. The molecule has 7 N–H and O–H groups in total. The predicted octanol–water partition coefficient (Wildman–Crippen LogP) is 0.274. The molecule has 1 aromatic rings. The summed E-state index contributed by atoms with van der Waals surface area (Å²) in [6.07, 6.45) is 0.0548. The van der Waals surface area contributed by atoms with Crippen LogP contribution in [-0.4, -0.2) is 100.0 Å². The van der Waals surface area contributed by atoms with Gasteiger partial charge in [0.25, 0.3) is 5.91 Å². The van der Waals surface area contributed by atoms with Gasteiger partial charge in [-0.25, -0.2) is 0 Å². The number of likely N-dealkylation sites (N-methyl/N-ethyl adjacent to an activating group) is 2. The fourth-order valence-electron chi connectivity index (χ4n) is 5.86. The van der Waals surface area contributed by atoms with Crippen LogP contribution in [0, 0.1) is 11.8 Å². The Morgan fingerprint density at radius 3 is 2.37 bits per heavy atom. The number of nitrogens with zero attached hydrogens (tertiary/aromatic N) is 2. The number of rotatable bonds is 5. The number of hydrogen-bond acceptors (Lipinski definition) is 10. The van der Waals surface area contributed by atoms with Gasteiger partial charge in [-0.3, -0.25) is 24.1 Å². The van der Waals surface area contributed by atoms with Crippen molar-refractivity contribution in [3.63, 3.8) is 0 Å². The molecule has 3 aliphatic rings. The SMILES string of the molecule is CN(C)CC(=O)Nc1c(Cl)cc2c(c1O)C(=O)C1=C(O)[C@]3(O)C(=O)C(C(N)=O)=C(O)[C@@H](N(C)C)C3CC1C2. The number of phenolic OH excluding ortho intramolecular Hbond substituents is 1. The Morgan fingerprint density at radius 1 is 1.18 bits per heavy atom. The third-order valence-electron chi connectivity index (χ3n) is 7.39. The highest BCUT2D eigenvalue weighted by Gasteiger charge is 2.63. The van der Waals surface area contributed by atoms with Crippen molar-refractivity contribution in [2.45, 2.75) is 24.5 Å². The first-order valence-electron chi connectivity index (χ1n) is 11.8. The average Bonchev–Trinajstić information content (AvgIpc) is 2.78. The van der Waals surface area contributed by atoms with E-state index in [9.17, 15) is 39.6 Å². The fraction of sp³-hybridized carbons (Fsp3) is 0.440. The van der Waals surface area contributed by atoms with E-state index in [4.69, 9.17) is 17.3 Å². The summed E-state index contributed by atoms with van der Waals surface area (Å²) in [6.45, 7) is -0.0268. The van der Waals surface area contributed by atoms with Crippen molar-refractivity contribution in [1.29, 1.82) is 0 Å². The van der Waals surface area contributed by atoms with Crippen LogP contribution in [0.25, 0.3) is 0 Å². The number of carbonyl (C=O) groups is 4. The monoisotopic (exact) mass is 548 g/mol. The lowest BCUT2D eigenvalue weighted by atomic mass is 9.58. The molecule has 38 heavy (non-hydrogen) atoms. The largest absolute Gasteiger partial charge is 0.510 e. The first-order valence-corrected chi connectivity index (χ1v) is 12.1. The van der Waals surface area contributed by atoms with Crippen molar-refractivity contribution in [1.82, 2.24) is 9.80 Å². The molecule has 204 valence electrons. The zero-order valence-corrected chi connectivity index (χ0v) is 22.0. The fourth-order valence-corrected chi connectivity index (χ4v) is 6.12. The molecule has 3 aliphatic carbocycles. The number of nitrogens with one attached hydrogen (secondary N) is 1. The number of carbonyl (C=O) groups excluding carboxylic acids is 4. The zero-order chi connectivity index (χ0) is 28.4. The molecular formula is C25H29ClN4O8. The number of phenols is 1. The van der Waals surface area contributed by atoms with Gasteiger partial charge in [0.2, 0.25) is 11.7 Å². The van der Waals surface area contributed by atoms with Crippen molar-refractivity contribution in [3.8, 4) is 5.75 Å². The molecule has 0 aliphatic heterocycles. The molecule has 0 aromatic heterocycles. The number of anilines is 1. The van der Waals surface area contributed by atoms with Crippen LogP contribution in [0.4, 0.5) is 5.69 Å². The summed E-state index contributed by atoms with van der Waals surface area (Å²) >= 11 is 6.34. The van der Waals surface area contributed by atoms with Gasteiger partial charge in [-0.2, -0.15) is 0 Å². The Balaban J connectivity index is 1.87. The lowest BCUT2D eigenvalue weighted by Gasteiger charge is -2.50. The topological polar surface area (TPSA) is 194 Å². The maximum atomic E-state index is 13.7. The molecule has 13 heteroatoms. The van der Waals surface area contributed by atoms with E-state index in [0.29, 0.717) is 5.56 Å². The van der Waals surface area contributed by atoms with Crippen molar-refractivity contribution >= 4 is 40.7 Å². The lowest BCUT2D eigenvalue weighted by molar-refractivity contribution is -0.148. The van der Waals surface area contributed by atoms with Crippen LogP contribution >= 0.6 is 11.6 Å². The molecule has 2 amide bonds. The van der Waals surface area contributed by atoms with Crippen molar-refractivity contribution in [2.24, 2.45) is 17.6 Å². The average molecular weight is 549 g/mol. The maximum Gasteiger partial charge on any atom is 0.255 e.